The Morgan fingerprint density at radius 2 is 1.55 bits per heavy atom. The highest BCUT2D eigenvalue weighted by atomic mass is 35.5. The van der Waals surface area contributed by atoms with Crippen molar-refractivity contribution in [3.05, 3.63) is 64.1 Å². The van der Waals surface area contributed by atoms with Gasteiger partial charge in [0.05, 0.1) is 21.7 Å². The number of carbonyl (C=O) groups is 1. The number of halogens is 2. The van der Waals surface area contributed by atoms with Crippen LogP contribution in [-0.2, 0) is 9.09 Å². The molecule has 0 aliphatic rings. The first-order valence-corrected chi connectivity index (χ1v) is 9.07. The van der Waals surface area contributed by atoms with Gasteiger partial charge in [-0.1, -0.05) is 47.5 Å². The molecule has 0 heterocycles. The van der Waals surface area contributed by atoms with E-state index in [2.05, 4.69) is 0 Å². The van der Waals surface area contributed by atoms with Crippen molar-refractivity contribution in [3.8, 4) is 0 Å². The van der Waals surface area contributed by atoms with Crippen LogP contribution in [-0.4, -0.2) is 11.6 Å². The van der Waals surface area contributed by atoms with E-state index < -0.39 is 19.0 Å². The van der Waals surface area contributed by atoms with Gasteiger partial charge in [0.2, 0.25) is 0 Å². The first-order valence-electron chi connectivity index (χ1n) is 6.69. The van der Waals surface area contributed by atoms with E-state index >= 15 is 0 Å². The van der Waals surface area contributed by atoms with Crippen LogP contribution in [0.5, 0.6) is 0 Å². The van der Waals surface area contributed by atoms with E-state index in [0.717, 1.165) is 0 Å². The molecule has 0 saturated heterocycles. The van der Waals surface area contributed by atoms with Crippen LogP contribution in [0.25, 0.3) is 0 Å². The van der Waals surface area contributed by atoms with Crippen LogP contribution in [0.15, 0.2) is 48.5 Å². The van der Waals surface area contributed by atoms with Crippen LogP contribution in [0.3, 0.4) is 0 Å². The molecule has 0 saturated carbocycles. The van der Waals surface area contributed by atoms with Crippen LogP contribution in [0.4, 0.5) is 0 Å². The zero-order chi connectivity index (χ0) is 16.3. The molecule has 0 aliphatic carbocycles. The van der Waals surface area contributed by atoms with Gasteiger partial charge in [0.15, 0.2) is 0 Å². The van der Waals surface area contributed by atoms with Gasteiger partial charge in [-0.2, -0.15) is 0 Å². The fourth-order valence-corrected chi connectivity index (χ4v) is 4.84. The molecule has 0 radical (unpaired) electrons. The number of carbonyl (C=O) groups excluding carboxylic acids is 1. The summed E-state index contributed by atoms with van der Waals surface area (Å²) in [6, 6.07) is 13.1. The highest BCUT2D eigenvalue weighted by molar-refractivity contribution is 7.83. The molecule has 22 heavy (non-hydrogen) atoms. The second-order valence-electron chi connectivity index (χ2n) is 4.94. The lowest BCUT2D eigenvalue weighted by Crippen LogP contribution is -2.19. The van der Waals surface area contributed by atoms with Gasteiger partial charge in [-0.25, -0.2) is 0 Å². The van der Waals surface area contributed by atoms with Crippen LogP contribution >= 0.6 is 30.6 Å². The van der Waals surface area contributed by atoms with E-state index in [1.54, 1.807) is 50.2 Å². The third-order valence-electron chi connectivity index (χ3n) is 2.90. The van der Waals surface area contributed by atoms with E-state index in [0.29, 0.717) is 5.30 Å². The average Bonchev–Trinajstić information content (AvgIpc) is 2.47. The largest absolute Gasteiger partial charge is 0.317 e. The summed E-state index contributed by atoms with van der Waals surface area (Å²) in [7, 11) is -3.80. The van der Waals surface area contributed by atoms with E-state index in [4.69, 9.17) is 27.7 Å². The predicted octanol–water partition coefficient (Wildman–Crippen LogP) is 5.16. The molecule has 0 aromatic heterocycles. The number of hydrogen-bond donors (Lipinski definition) is 0. The minimum absolute atomic E-state index is 0.0265. The summed E-state index contributed by atoms with van der Waals surface area (Å²) >= 11 is 12.1. The van der Waals surface area contributed by atoms with E-state index in [1.165, 1.54) is 12.1 Å². The first-order chi connectivity index (χ1) is 10.4. The minimum atomic E-state index is -3.80. The molecule has 0 aliphatic heterocycles. The third kappa shape index (κ3) is 3.44. The lowest BCUT2D eigenvalue weighted by molar-refractivity contribution is 0.104. The molecule has 6 heteroatoms. The Hall–Kier alpha value is -1.12. The topological polar surface area (TPSA) is 43.4 Å². The van der Waals surface area contributed by atoms with Crippen molar-refractivity contribution in [3.63, 3.8) is 0 Å². The molecule has 1 unspecified atom stereocenters. The van der Waals surface area contributed by atoms with Crippen LogP contribution in [0.2, 0.25) is 10.0 Å². The summed E-state index contributed by atoms with van der Waals surface area (Å²) in [6.45, 7) is 3.44. The lowest BCUT2D eigenvalue weighted by atomic mass is 10.2. The van der Waals surface area contributed by atoms with Gasteiger partial charge in [0.1, 0.15) is 0 Å². The Balaban J connectivity index is 2.60. The second-order valence-corrected chi connectivity index (χ2v) is 7.99. The molecule has 0 fully saturated rings. The second kappa shape index (κ2) is 6.97. The molecule has 116 valence electrons. The summed E-state index contributed by atoms with van der Waals surface area (Å²) in [5.74, 6) is 0. The van der Waals surface area contributed by atoms with E-state index in [1.807, 2.05) is 0 Å². The lowest BCUT2D eigenvalue weighted by Gasteiger charge is -2.21. The third-order valence-corrected chi connectivity index (χ3v) is 5.98. The molecule has 2 rings (SSSR count). The van der Waals surface area contributed by atoms with Crippen LogP contribution in [0.1, 0.15) is 24.2 Å². The van der Waals surface area contributed by atoms with E-state index in [9.17, 15) is 9.36 Å². The van der Waals surface area contributed by atoms with Crippen molar-refractivity contribution < 1.29 is 13.9 Å². The molecule has 3 nitrogen and oxygen atoms in total. The van der Waals surface area contributed by atoms with Crippen molar-refractivity contribution in [2.45, 2.75) is 20.0 Å². The summed E-state index contributed by atoms with van der Waals surface area (Å²) in [6.07, 6.45) is -0.392. The summed E-state index contributed by atoms with van der Waals surface area (Å²) in [4.78, 5) is 12.9. The van der Waals surface area contributed by atoms with Crippen molar-refractivity contribution in [1.82, 2.24) is 0 Å². The normalized spacial score (nSPS) is 13.9. The van der Waals surface area contributed by atoms with Gasteiger partial charge in [-0.05, 0) is 38.1 Å². The summed E-state index contributed by atoms with van der Waals surface area (Å²) in [5, 5.41) is 0.631. The number of hydrogen-bond acceptors (Lipinski definition) is 3. The maximum Gasteiger partial charge on any atom is 0.301 e. The maximum absolute atomic E-state index is 13.3. The molecular weight excluding hydrogens is 342 g/mol. The van der Waals surface area contributed by atoms with Crippen molar-refractivity contribution in [1.29, 1.82) is 0 Å². The Labute approximate surface area is 139 Å². The van der Waals surface area contributed by atoms with Gasteiger partial charge in [0, 0.05) is 5.30 Å². The minimum Gasteiger partial charge on any atom is -0.317 e. The van der Waals surface area contributed by atoms with Gasteiger partial charge in [-0.15, -0.1) is 0 Å². The summed E-state index contributed by atoms with van der Waals surface area (Å²) in [5.41, 5.74) is -0.665. The molecule has 0 amide bonds. The molecule has 1 atom stereocenters. The van der Waals surface area contributed by atoms with Gasteiger partial charge in [-0.3, -0.25) is 9.36 Å². The van der Waals surface area contributed by atoms with Crippen molar-refractivity contribution >= 4 is 41.4 Å². The standard InChI is InChI=1S/C16H15Cl2O3P/c1-11(2)21-22(20,12-7-4-3-5-8-12)16(19)15-13(17)9-6-10-14(15)18/h3-11H,1-2H3. The Kier molecular flexibility index (Phi) is 5.46. The smallest absolute Gasteiger partial charge is 0.301 e. The number of rotatable bonds is 5. The average molecular weight is 357 g/mol. The van der Waals surface area contributed by atoms with Crippen LogP contribution in [0, 0.1) is 0 Å². The molecule has 2 aromatic carbocycles. The first kappa shape index (κ1) is 17.2. The summed E-state index contributed by atoms with van der Waals surface area (Å²) < 4.78 is 18.9. The molecule has 0 bridgehead atoms. The van der Waals surface area contributed by atoms with Gasteiger partial charge in [0.25, 0.3) is 5.52 Å². The highest BCUT2D eigenvalue weighted by Crippen LogP contribution is 2.51. The monoisotopic (exact) mass is 356 g/mol. The zero-order valence-electron chi connectivity index (χ0n) is 12.1. The SMILES string of the molecule is CC(C)OP(=O)(C(=O)c1c(Cl)cccc1Cl)c1ccccc1. The highest BCUT2D eigenvalue weighted by Gasteiger charge is 2.39. The quantitative estimate of drug-likeness (QED) is 0.694. The van der Waals surface area contributed by atoms with Crippen LogP contribution < -0.4 is 5.30 Å². The van der Waals surface area contributed by atoms with Crippen molar-refractivity contribution in [2.24, 2.45) is 0 Å². The Morgan fingerprint density at radius 3 is 2.05 bits per heavy atom. The molecule has 0 spiro atoms. The predicted molar refractivity (Wildman–Crippen MR) is 90.7 cm³/mol. The molecule has 2 aromatic rings. The van der Waals surface area contributed by atoms with Crippen molar-refractivity contribution in [2.75, 3.05) is 0 Å². The molecule has 0 N–H and O–H groups in total. The molecular formula is C16H15Cl2O3P. The Bertz CT molecular complexity index is 709. The number of benzene rings is 2. The van der Waals surface area contributed by atoms with Gasteiger partial charge < -0.3 is 4.52 Å². The fraction of sp³-hybridized carbons (Fsp3) is 0.188. The van der Waals surface area contributed by atoms with Gasteiger partial charge >= 0.3 is 7.37 Å². The Morgan fingerprint density at radius 1 is 1.00 bits per heavy atom. The van der Waals surface area contributed by atoms with E-state index in [-0.39, 0.29) is 15.6 Å². The maximum atomic E-state index is 13.3. The fourth-order valence-electron chi connectivity index (χ4n) is 2.00. The zero-order valence-corrected chi connectivity index (χ0v) is 14.5.